The highest BCUT2D eigenvalue weighted by atomic mass is 16.5. The van der Waals surface area contributed by atoms with Crippen LogP contribution in [0.5, 0.6) is 5.75 Å². The van der Waals surface area contributed by atoms with Crippen LogP contribution < -0.4 is 10.1 Å². The van der Waals surface area contributed by atoms with E-state index in [4.69, 9.17) is 4.74 Å². The van der Waals surface area contributed by atoms with Crippen LogP contribution in [0.2, 0.25) is 0 Å². The normalized spacial score (nSPS) is 14.2. The second kappa shape index (κ2) is 9.83. The molecule has 1 N–H and O–H groups in total. The molecule has 0 saturated heterocycles. The van der Waals surface area contributed by atoms with Gasteiger partial charge in [-0.3, -0.25) is 0 Å². The highest BCUT2D eigenvalue weighted by molar-refractivity contribution is 5.31. The topological polar surface area (TPSA) is 21.3 Å². The lowest BCUT2D eigenvalue weighted by Crippen LogP contribution is -2.28. The van der Waals surface area contributed by atoms with Gasteiger partial charge in [0.25, 0.3) is 0 Å². The van der Waals surface area contributed by atoms with E-state index in [1.807, 2.05) is 0 Å². The van der Waals surface area contributed by atoms with Gasteiger partial charge >= 0.3 is 0 Å². The first-order chi connectivity index (χ1) is 10.1. The molecule has 0 aliphatic heterocycles. The maximum absolute atomic E-state index is 5.85. The van der Waals surface area contributed by atoms with E-state index in [9.17, 15) is 0 Å². The number of hydrogen-bond donors (Lipinski definition) is 1. The van der Waals surface area contributed by atoms with E-state index < -0.39 is 0 Å². The van der Waals surface area contributed by atoms with Gasteiger partial charge in [0.15, 0.2) is 0 Å². The molecule has 0 bridgehead atoms. The molecular formula is C19H33NO. The molecule has 0 aromatic heterocycles. The minimum absolute atomic E-state index is 0.222. The number of hydrogen-bond acceptors (Lipinski definition) is 2. The molecule has 0 aliphatic rings. The van der Waals surface area contributed by atoms with Crippen molar-refractivity contribution in [1.82, 2.24) is 5.32 Å². The molecule has 0 aliphatic carbocycles. The van der Waals surface area contributed by atoms with Gasteiger partial charge in [0.05, 0.1) is 6.10 Å². The van der Waals surface area contributed by atoms with Crippen molar-refractivity contribution in [2.45, 2.75) is 72.4 Å². The molecular weight excluding hydrogens is 258 g/mol. The SMILES string of the molecule is CCCCC(CC)C(NCC)c1cccc(OC(C)C)c1. The van der Waals surface area contributed by atoms with Gasteiger partial charge in [-0.05, 0) is 50.4 Å². The molecule has 2 unspecified atom stereocenters. The van der Waals surface area contributed by atoms with Crippen molar-refractivity contribution in [3.8, 4) is 5.75 Å². The summed E-state index contributed by atoms with van der Waals surface area (Å²) < 4.78 is 5.85. The van der Waals surface area contributed by atoms with E-state index in [2.05, 4.69) is 64.2 Å². The molecule has 1 aromatic rings. The van der Waals surface area contributed by atoms with Gasteiger partial charge in [-0.25, -0.2) is 0 Å². The van der Waals surface area contributed by atoms with E-state index in [1.54, 1.807) is 0 Å². The predicted molar refractivity (Wildman–Crippen MR) is 91.9 cm³/mol. The van der Waals surface area contributed by atoms with Crippen molar-refractivity contribution in [3.63, 3.8) is 0 Å². The van der Waals surface area contributed by atoms with E-state index in [0.29, 0.717) is 12.0 Å². The Morgan fingerprint density at radius 2 is 1.90 bits per heavy atom. The zero-order valence-electron chi connectivity index (χ0n) is 14.5. The second-order valence-corrected chi connectivity index (χ2v) is 6.09. The van der Waals surface area contributed by atoms with Gasteiger partial charge < -0.3 is 10.1 Å². The zero-order chi connectivity index (χ0) is 15.7. The maximum Gasteiger partial charge on any atom is 0.120 e. The fraction of sp³-hybridized carbons (Fsp3) is 0.684. The van der Waals surface area contributed by atoms with Crippen molar-refractivity contribution < 1.29 is 4.74 Å². The standard InChI is InChI=1S/C19H33NO/c1-6-9-11-16(7-2)19(20-8-3)17-12-10-13-18(14-17)21-15(4)5/h10,12-16,19-20H,6-9,11H2,1-5H3. The van der Waals surface area contributed by atoms with E-state index in [0.717, 1.165) is 12.3 Å². The van der Waals surface area contributed by atoms with Gasteiger partial charge in [0, 0.05) is 6.04 Å². The Labute approximate surface area is 131 Å². The first-order valence-corrected chi connectivity index (χ1v) is 8.62. The fourth-order valence-corrected chi connectivity index (χ4v) is 2.90. The van der Waals surface area contributed by atoms with Crippen LogP contribution in [0.4, 0.5) is 0 Å². The highest BCUT2D eigenvalue weighted by Crippen LogP contribution is 2.31. The molecule has 120 valence electrons. The molecule has 0 heterocycles. The summed E-state index contributed by atoms with van der Waals surface area (Å²) in [6.45, 7) is 11.9. The van der Waals surface area contributed by atoms with Crippen LogP contribution in [-0.2, 0) is 0 Å². The minimum atomic E-state index is 0.222. The van der Waals surface area contributed by atoms with Crippen molar-refractivity contribution in [2.24, 2.45) is 5.92 Å². The van der Waals surface area contributed by atoms with E-state index in [-0.39, 0.29) is 6.10 Å². The van der Waals surface area contributed by atoms with Crippen molar-refractivity contribution >= 4 is 0 Å². The largest absolute Gasteiger partial charge is 0.491 e. The van der Waals surface area contributed by atoms with Crippen molar-refractivity contribution in [1.29, 1.82) is 0 Å². The summed E-state index contributed by atoms with van der Waals surface area (Å²) in [6, 6.07) is 9.04. The number of benzene rings is 1. The quantitative estimate of drug-likeness (QED) is 0.628. The van der Waals surface area contributed by atoms with Gasteiger partial charge in [-0.1, -0.05) is 52.2 Å². The van der Waals surface area contributed by atoms with Crippen LogP contribution in [0.1, 0.15) is 71.9 Å². The van der Waals surface area contributed by atoms with Crippen molar-refractivity contribution in [2.75, 3.05) is 6.54 Å². The molecule has 0 amide bonds. The number of nitrogens with one attached hydrogen (secondary N) is 1. The average molecular weight is 291 g/mol. The minimum Gasteiger partial charge on any atom is -0.491 e. The Balaban J connectivity index is 2.92. The second-order valence-electron chi connectivity index (χ2n) is 6.09. The Morgan fingerprint density at radius 3 is 2.48 bits per heavy atom. The maximum atomic E-state index is 5.85. The van der Waals surface area contributed by atoms with Gasteiger partial charge in [-0.2, -0.15) is 0 Å². The Bertz CT molecular complexity index is 389. The summed E-state index contributed by atoms with van der Waals surface area (Å²) in [5, 5.41) is 3.68. The first-order valence-electron chi connectivity index (χ1n) is 8.62. The average Bonchev–Trinajstić information content (AvgIpc) is 2.46. The Kier molecular flexibility index (Phi) is 8.44. The molecule has 2 nitrogen and oxygen atoms in total. The summed E-state index contributed by atoms with van der Waals surface area (Å²) >= 11 is 0. The lowest BCUT2D eigenvalue weighted by atomic mass is 9.86. The zero-order valence-corrected chi connectivity index (χ0v) is 14.5. The molecule has 1 rings (SSSR count). The van der Waals surface area contributed by atoms with Crippen LogP contribution in [-0.4, -0.2) is 12.6 Å². The Hall–Kier alpha value is -1.02. The molecule has 2 heteroatoms. The van der Waals surface area contributed by atoms with Crippen LogP contribution in [0.3, 0.4) is 0 Å². The van der Waals surface area contributed by atoms with Gasteiger partial charge in [0.1, 0.15) is 5.75 Å². The summed E-state index contributed by atoms with van der Waals surface area (Å²) in [7, 11) is 0. The Morgan fingerprint density at radius 1 is 1.14 bits per heavy atom. The summed E-state index contributed by atoms with van der Waals surface area (Å²) in [5.74, 6) is 1.68. The predicted octanol–water partition coefficient (Wildman–Crippen LogP) is 5.34. The third-order valence-electron chi connectivity index (χ3n) is 3.94. The smallest absolute Gasteiger partial charge is 0.120 e. The summed E-state index contributed by atoms with van der Waals surface area (Å²) in [6.07, 6.45) is 5.31. The third-order valence-corrected chi connectivity index (χ3v) is 3.94. The van der Waals surface area contributed by atoms with Crippen molar-refractivity contribution in [3.05, 3.63) is 29.8 Å². The molecule has 1 aromatic carbocycles. The number of unbranched alkanes of at least 4 members (excludes halogenated alkanes) is 1. The molecule has 0 spiro atoms. The summed E-state index contributed by atoms with van der Waals surface area (Å²) in [4.78, 5) is 0. The fourth-order valence-electron chi connectivity index (χ4n) is 2.90. The van der Waals surface area contributed by atoms with E-state index >= 15 is 0 Å². The molecule has 0 radical (unpaired) electrons. The molecule has 0 saturated carbocycles. The molecule has 21 heavy (non-hydrogen) atoms. The summed E-state index contributed by atoms with van der Waals surface area (Å²) in [5.41, 5.74) is 1.36. The van der Waals surface area contributed by atoms with Crippen LogP contribution in [0.15, 0.2) is 24.3 Å². The van der Waals surface area contributed by atoms with Gasteiger partial charge in [-0.15, -0.1) is 0 Å². The lowest BCUT2D eigenvalue weighted by Gasteiger charge is -2.28. The van der Waals surface area contributed by atoms with Crippen LogP contribution in [0.25, 0.3) is 0 Å². The molecule has 0 fully saturated rings. The van der Waals surface area contributed by atoms with Crippen LogP contribution >= 0.6 is 0 Å². The lowest BCUT2D eigenvalue weighted by molar-refractivity contribution is 0.241. The van der Waals surface area contributed by atoms with E-state index in [1.165, 1.54) is 31.2 Å². The van der Waals surface area contributed by atoms with Crippen LogP contribution in [0, 0.1) is 5.92 Å². The number of ether oxygens (including phenoxy) is 1. The molecule has 2 atom stereocenters. The number of rotatable bonds is 10. The highest BCUT2D eigenvalue weighted by Gasteiger charge is 2.21. The monoisotopic (exact) mass is 291 g/mol. The van der Waals surface area contributed by atoms with Gasteiger partial charge in [0.2, 0.25) is 0 Å². The third kappa shape index (κ3) is 6.09. The first kappa shape index (κ1) is 18.0.